The fourth-order valence-electron chi connectivity index (χ4n) is 1.99. The highest BCUT2D eigenvalue weighted by atomic mass is 32.1. The first-order chi connectivity index (χ1) is 8.36. The standard InChI is InChI=1S/C15H25NS/c1-2-16(12-8-3-4-9-13-17)14-15-10-6-5-7-11-15/h5-7,10-11,17H,2-4,8-9,12-14H2,1H3. The highest BCUT2D eigenvalue weighted by molar-refractivity contribution is 7.80. The molecule has 0 aliphatic carbocycles. The summed E-state index contributed by atoms with van der Waals surface area (Å²) in [5.74, 6) is 1.03. The molecule has 0 bridgehead atoms. The summed E-state index contributed by atoms with van der Waals surface area (Å²) in [7, 11) is 0. The second-order valence-corrected chi connectivity index (χ2v) is 4.94. The Morgan fingerprint density at radius 3 is 2.35 bits per heavy atom. The third-order valence-electron chi connectivity index (χ3n) is 3.08. The van der Waals surface area contributed by atoms with Crippen molar-refractivity contribution in [1.82, 2.24) is 4.90 Å². The lowest BCUT2D eigenvalue weighted by atomic mass is 10.1. The van der Waals surface area contributed by atoms with E-state index in [0.717, 1.165) is 18.8 Å². The van der Waals surface area contributed by atoms with E-state index < -0.39 is 0 Å². The van der Waals surface area contributed by atoms with Gasteiger partial charge in [0.25, 0.3) is 0 Å². The normalized spacial score (nSPS) is 11.0. The molecule has 0 radical (unpaired) electrons. The molecule has 0 saturated carbocycles. The average Bonchev–Trinajstić information content (AvgIpc) is 2.38. The molecule has 1 nitrogen and oxygen atoms in total. The van der Waals surface area contributed by atoms with Crippen molar-refractivity contribution < 1.29 is 0 Å². The molecule has 0 atom stereocenters. The monoisotopic (exact) mass is 251 g/mol. The first-order valence-electron chi connectivity index (χ1n) is 6.74. The van der Waals surface area contributed by atoms with Crippen molar-refractivity contribution in [3.63, 3.8) is 0 Å². The van der Waals surface area contributed by atoms with E-state index >= 15 is 0 Å². The van der Waals surface area contributed by atoms with Gasteiger partial charge >= 0.3 is 0 Å². The molecule has 0 spiro atoms. The van der Waals surface area contributed by atoms with E-state index in [-0.39, 0.29) is 0 Å². The zero-order chi connectivity index (χ0) is 12.3. The van der Waals surface area contributed by atoms with E-state index in [4.69, 9.17) is 0 Å². The summed E-state index contributed by atoms with van der Waals surface area (Å²) in [5.41, 5.74) is 1.42. The van der Waals surface area contributed by atoms with E-state index in [1.807, 2.05) is 0 Å². The molecule has 0 aliphatic rings. The topological polar surface area (TPSA) is 3.24 Å². The highest BCUT2D eigenvalue weighted by Crippen LogP contribution is 2.07. The lowest BCUT2D eigenvalue weighted by Gasteiger charge is -2.20. The van der Waals surface area contributed by atoms with Crippen LogP contribution >= 0.6 is 12.6 Å². The summed E-state index contributed by atoms with van der Waals surface area (Å²) in [5, 5.41) is 0. The molecule has 0 heterocycles. The van der Waals surface area contributed by atoms with Gasteiger partial charge in [-0.15, -0.1) is 0 Å². The average molecular weight is 251 g/mol. The number of benzene rings is 1. The molecule has 0 saturated heterocycles. The molecular formula is C15H25NS. The Morgan fingerprint density at radius 1 is 1.00 bits per heavy atom. The SMILES string of the molecule is CCN(CCCCCCS)Cc1ccccc1. The summed E-state index contributed by atoms with van der Waals surface area (Å²) >= 11 is 4.24. The lowest BCUT2D eigenvalue weighted by molar-refractivity contribution is 0.273. The van der Waals surface area contributed by atoms with Gasteiger partial charge < -0.3 is 0 Å². The predicted molar refractivity (Wildman–Crippen MR) is 79.7 cm³/mol. The van der Waals surface area contributed by atoms with Crippen LogP contribution in [0.15, 0.2) is 30.3 Å². The first-order valence-corrected chi connectivity index (χ1v) is 7.37. The minimum atomic E-state index is 1.03. The number of hydrogen-bond donors (Lipinski definition) is 1. The Balaban J connectivity index is 2.20. The summed E-state index contributed by atoms with van der Waals surface area (Å²) in [6, 6.07) is 10.7. The van der Waals surface area contributed by atoms with Gasteiger partial charge in [0.2, 0.25) is 0 Å². The van der Waals surface area contributed by atoms with Crippen LogP contribution in [0.4, 0.5) is 0 Å². The van der Waals surface area contributed by atoms with Crippen molar-refractivity contribution in [3.05, 3.63) is 35.9 Å². The Morgan fingerprint density at radius 2 is 1.71 bits per heavy atom. The first kappa shape index (κ1) is 14.6. The number of unbranched alkanes of at least 4 members (excludes halogenated alkanes) is 3. The molecule has 1 rings (SSSR count). The zero-order valence-electron chi connectivity index (χ0n) is 10.9. The van der Waals surface area contributed by atoms with Gasteiger partial charge in [-0.3, -0.25) is 4.90 Å². The Kier molecular flexibility index (Phi) is 8.20. The van der Waals surface area contributed by atoms with Crippen LogP contribution in [0.2, 0.25) is 0 Å². The van der Waals surface area contributed by atoms with Crippen LogP contribution in [0.3, 0.4) is 0 Å². The van der Waals surface area contributed by atoms with Crippen LogP contribution < -0.4 is 0 Å². The van der Waals surface area contributed by atoms with Gasteiger partial charge in [-0.05, 0) is 37.2 Å². The molecule has 17 heavy (non-hydrogen) atoms. The lowest BCUT2D eigenvalue weighted by Crippen LogP contribution is -2.23. The minimum Gasteiger partial charge on any atom is -0.299 e. The Bertz CT molecular complexity index is 274. The number of nitrogens with zero attached hydrogens (tertiary/aromatic N) is 1. The molecular weight excluding hydrogens is 226 g/mol. The van der Waals surface area contributed by atoms with Crippen molar-refractivity contribution in [3.8, 4) is 0 Å². The Labute approximate surface area is 112 Å². The van der Waals surface area contributed by atoms with Crippen molar-refractivity contribution >= 4 is 12.6 Å². The third kappa shape index (κ3) is 6.75. The molecule has 0 aromatic heterocycles. The summed E-state index contributed by atoms with van der Waals surface area (Å²) in [6.45, 7) is 5.69. The zero-order valence-corrected chi connectivity index (χ0v) is 11.8. The smallest absolute Gasteiger partial charge is 0.0233 e. The Hall–Kier alpha value is -0.470. The van der Waals surface area contributed by atoms with Crippen LogP contribution in [0.5, 0.6) is 0 Å². The fraction of sp³-hybridized carbons (Fsp3) is 0.600. The van der Waals surface area contributed by atoms with E-state index in [2.05, 4.69) is 54.8 Å². The van der Waals surface area contributed by atoms with E-state index in [9.17, 15) is 0 Å². The van der Waals surface area contributed by atoms with Crippen LogP contribution in [0, 0.1) is 0 Å². The molecule has 0 N–H and O–H groups in total. The van der Waals surface area contributed by atoms with Crippen LogP contribution in [-0.4, -0.2) is 23.7 Å². The fourth-order valence-corrected chi connectivity index (χ4v) is 2.21. The molecule has 2 heteroatoms. The molecule has 1 aromatic rings. The highest BCUT2D eigenvalue weighted by Gasteiger charge is 2.02. The van der Waals surface area contributed by atoms with Gasteiger partial charge in [-0.1, -0.05) is 50.1 Å². The van der Waals surface area contributed by atoms with Crippen molar-refractivity contribution in [2.24, 2.45) is 0 Å². The van der Waals surface area contributed by atoms with Crippen molar-refractivity contribution in [2.45, 2.75) is 39.2 Å². The molecule has 0 aliphatic heterocycles. The molecule has 0 amide bonds. The number of thiol groups is 1. The van der Waals surface area contributed by atoms with Gasteiger partial charge in [-0.25, -0.2) is 0 Å². The summed E-state index contributed by atoms with van der Waals surface area (Å²) < 4.78 is 0. The maximum absolute atomic E-state index is 4.24. The number of hydrogen-bond acceptors (Lipinski definition) is 2. The van der Waals surface area contributed by atoms with E-state index in [1.165, 1.54) is 37.8 Å². The van der Waals surface area contributed by atoms with Gasteiger partial charge in [0.1, 0.15) is 0 Å². The molecule has 0 unspecified atom stereocenters. The predicted octanol–water partition coefficient (Wildman–Crippen LogP) is 4.00. The molecule has 96 valence electrons. The third-order valence-corrected chi connectivity index (χ3v) is 3.39. The second kappa shape index (κ2) is 9.55. The largest absolute Gasteiger partial charge is 0.299 e. The van der Waals surface area contributed by atoms with Crippen LogP contribution in [0.1, 0.15) is 38.2 Å². The van der Waals surface area contributed by atoms with E-state index in [1.54, 1.807) is 0 Å². The molecule has 0 fully saturated rings. The van der Waals surface area contributed by atoms with Crippen LogP contribution in [0.25, 0.3) is 0 Å². The quantitative estimate of drug-likeness (QED) is 0.513. The van der Waals surface area contributed by atoms with E-state index in [0.29, 0.717) is 0 Å². The van der Waals surface area contributed by atoms with Crippen molar-refractivity contribution in [2.75, 3.05) is 18.8 Å². The van der Waals surface area contributed by atoms with Crippen molar-refractivity contribution in [1.29, 1.82) is 0 Å². The van der Waals surface area contributed by atoms with Gasteiger partial charge in [0, 0.05) is 6.54 Å². The number of rotatable bonds is 9. The maximum Gasteiger partial charge on any atom is 0.0233 e. The van der Waals surface area contributed by atoms with Gasteiger partial charge in [-0.2, -0.15) is 12.6 Å². The minimum absolute atomic E-state index is 1.03. The summed E-state index contributed by atoms with van der Waals surface area (Å²) in [6.07, 6.45) is 5.24. The maximum atomic E-state index is 4.24. The van der Waals surface area contributed by atoms with Gasteiger partial charge in [0.05, 0.1) is 0 Å². The van der Waals surface area contributed by atoms with Gasteiger partial charge in [0.15, 0.2) is 0 Å². The summed E-state index contributed by atoms with van der Waals surface area (Å²) in [4.78, 5) is 2.52. The second-order valence-electron chi connectivity index (χ2n) is 4.49. The van der Waals surface area contributed by atoms with Crippen LogP contribution in [-0.2, 0) is 6.54 Å². The molecule has 1 aromatic carbocycles.